The van der Waals surface area contributed by atoms with E-state index in [0.717, 1.165) is 27.8 Å². The number of benzene rings is 2. The Bertz CT molecular complexity index is 1070. The molecular formula is C21H17FN4O. The molecule has 2 aromatic heterocycles. The number of nitrogens with one attached hydrogen (secondary N) is 1. The minimum Gasteiger partial charge on any atom is -0.439 e. The van der Waals surface area contributed by atoms with Crippen LogP contribution in [0.3, 0.4) is 0 Å². The van der Waals surface area contributed by atoms with E-state index in [0.29, 0.717) is 18.2 Å². The van der Waals surface area contributed by atoms with Crippen molar-refractivity contribution < 1.29 is 9.13 Å². The number of nitrogens with zero attached hydrogens (tertiary/aromatic N) is 3. The summed E-state index contributed by atoms with van der Waals surface area (Å²) in [5, 5.41) is 4.32. The molecule has 5 nitrogen and oxygen atoms in total. The highest BCUT2D eigenvalue weighted by Crippen LogP contribution is 2.22. The van der Waals surface area contributed by atoms with Gasteiger partial charge in [-0.25, -0.2) is 19.3 Å². The number of hydrogen-bond acceptors (Lipinski definition) is 5. The maximum Gasteiger partial charge on any atom is 0.219 e. The van der Waals surface area contributed by atoms with Gasteiger partial charge in [0, 0.05) is 24.2 Å². The van der Waals surface area contributed by atoms with E-state index in [-0.39, 0.29) is 5.82 Å². The van der Waals surface area contributed by atoms with Crippen molar-refractivity contribution in [2.75, 3.05) is 5.32 Å². The topological polar surface area (TPSA) is 59.9 Å². The van der Waals surface area contributed by atoms with Gasteiger partial charge >= 0.3 is 0 Å². The third-order valence-corrected chi connectivity index (χ3v) is 4.08. The van der Waals surface area contributed by atoms with E-state index in [1.165, 1.54) is 12.1 Å². The zero-order valence-electron chi connectivity index (χ0n) is 14.7. The molecule has 0 spiro atoms. The van der Waals surface area contributed by atoms with Gasteiger partial charge in [0.05, 0.1) is 5.52 Å². The lowest BCUT2D eigenvalue weighted by molar-refractivity contribution is 0.461. The molecule has 0 aliphatic rings. The second-order valence-electron chi connectivity index (χ2n) is 6.16. The number of halogens is 1. The average Bonchev–Trinajstić information content (AvgIpc) is 2.69. The van der Waals surface area contributed by atoms with Crippen molar-refractivity contribution in [3.63, 3.8) is 0 Å². The van der Waals surface area contributed by atoms with Crippen molar-refractivity contribution in [2.24, 2.45) is 0 Å². The van der Waals surface area contributed by atoms with Crippen LogP contribution in [0, 0.1) is 12.7 Å². The van der Waals surface area contributed by atoms with Crippen LogP contribution in [-0.4, -0.2) is 15.0 Å². The average molecular weight is 360 g/mol. The highest BCUT2D eigenvalue weighted by Gasteiger charge is 2.05. The quantitative estimate of drug-likeness (QED) is 0.550. The summed E-state index contributed by atoms with van der Waals surface area (Å²) in [6.07, 6.45) is 3.29. The highest BCUT2D eigenvalue weighted by atomic mass is 19.1. The summed E-state index contributed by atoms with van der Waals surface area (Å²) in [4.78, 5) is 12.9. The molecule has 0 atom stereocenters. The molecular weight excluding hydrogens is 343 g/mol. The van der Waals surface area contributed by atoms with E-state index < -0.39 is 0 Å². The van der Waals surface area contributed by atoms with E-state index in [1.54, 1.807) is 30.7 Å². The van der Waals surface area contributed by atoms with Gasteiger partial charge in [-0.2, -0.15) is 0 Å². The molecule has 0 radical (unpaired) electrons. The number of hydrogen-bond donors (Lipinski definition) is 1. The van der Waals surface area contributed by atoms with E-state index in [9.17, 15) is 4.39 Å². The van der Waals surface area contributed by atoms with Crippen LogP contribution in [0.1, 0.15) is 11.1 Å². The Balaban J connectivity index is 1.45. The molecule has 4 aromatic rings. The Morgan fingerprint density at radius 3 is 2.59 bits per heavy atom. The summed E-state index contributed by atoms with van der Waals surface area (Å²) < 4.78 is 18.5. The van der Waals surface area contributed by atoms with Gasteiger partial charge in [-0.1, -0.05) is 17.7 Å². The predicted octanol–water partition coefficient (Wildman–Crippen LogP) is 4.88. The monoisotopic (exact) mass is 360 g/mol. The van der Waals surface area contributed by atoms with Crippen LogP contribution in [0.2, 0.25) is 0 Å². The zero-order chi connectivity index (χ0) is 18.6. The lowest BCUT2D eigenvalue weighted by atomic mass is 10.1. The zero-order valence-corrected chi connectivity index (χ0v) is 14.7. The fourth-order valence-electron chi connectivity index (χ4n) is 2.70. The minimum atomic E-state index is -0.302. The number of ether oxygens (including phenoxy) is 1. The maximum absolute atomic E-state index is 12.9. The highest BCUT2D eigenvalue weighted by molar-refractivity contribution is 5.89. The lowest BCUT2D eigenvalue weighted by Gasteiger charge is -2.09. The smallest absolute Gasteiger partial charge is 0.219 e. The van der Waals surface area contributed by atoms with Crippen LogP contribution in [0.25, 0.3) is 10.9 Å². The van der Waals surface area contributed by atoms with Gasteiger partial charge in [0.1, 0.15) is 23.7 Å². The molecule has 2 heterocycles. The normalized spacial score (nSPS) is 10.7. The van der Waals surface area contributed by atoms with Crippen LogP contribution >= 0.6 is 0 Å². The Labute approximate surface area is 155 Å². The Kier molecular flexibility index (Phi) is 4.61. The molecule has 0 saturated heterocycles. The first-order valence-electron chi connectivity index (χ1n) is 8.51. The van der Waals surface area contributed by atoms with E-state index in [2.05, 4.69) is 26.3 Å². The molecule has 0 aliphatic carbocycles. The van der Waals surface area contributed by atoms with Crippen LogP contribution in [0.4, 0.5) is 10.2 Å². The first-order valence-corrected chi connectivity index (χ1v) is 8.51. The Morgan fingerprint density at radius 1 is 0.963 bits per heavy atom. The molecule has 4 rings (SSSR count). The van der Waals surface area contributed by atoms with Gasteiger partial charge in [0.25, 0.3) is 0 Å². The van der Waals surface area contributed by atoms with Gasteiger partial charge in [-0.3, -0.25) is 0 Å². The Morgan fingerprint density at radius 2 is 1.81 bits per heavy atom. The first kappa shape index (κ1) is 16.9. The van der Waals surface area contributed by atoms with Crippen molar-refractivity contribution in [3.05, 3.63) is 84.1 Å². The van der Waals surface area contributed by atoms with Crippen molar-refractivity contribution in [3.8, 4) is 11.6 Å². The number of pyridine rings is 1. The second-order valence-corrected chi connectivity index (χ2v) is 6.16. The van der Waals surface area contributed by atoms with Crippen molar-refractivity contribution in [2.45, 2.75) is 13.5 Å². The molecule has 0 unspecified atom stereocenters. The third kappa shape index (κ3) is 4.00. The molecule has 0 fully saturated rings. The molecule has 6 heteroatoms. The SMILES string of the molecule is Cc1ccc2ncnc(NCc3ccc(Oc4ccc(F)cc4)nc3)c2c1. The fourth-order valence-corrected chi connectivity index (χ4v) is 2.70. The molecule has 2 aromatic carbocycles. The van der Waals surface area contributed by atoms with E-state index >= 15 is 0 Å². The molecule has 0 amide bonds. The van der Waals surface area contributed by atoms with Crippen LogP contribution in [0.5, 0.6) is 11.6 Å². The summed E-state index contributed by atoms with van der Waals surface area (Å²) in [5.74, 6) is 1.48. The number of anilines is 1. The Hall–Kier alpha value is -3.54. The molecule has 27 heavy (non-hydrogen) atoms. The minimum absolute atomic E-state index is 0.302. The van der Waals surface area contributed by atoms with E-state index in [1.807, 2.05) is 25.1 Å². The number of aromatic nitrogens is 3. The van der Waals surface area contributed by atoms with Crippen LogP contribution < -0.4 is 10.1 Å². The molecule has 0 bridgehead atoms. The molecule has 134 valence electrons. The van der Waals surface area contributed by atoms with Gasteiger partial charge in [-0.15, -0.1) is 0 Å². The summed E-state index contributed by atoms with van der Waals surface area (Å²) in [7, 11) is 0. The summed E-state index contributed by atoms with van der Waals surface area (Å²) in [6, 6.07) is 15.6. The van der Waals surface area contributed by atoms with E-state index in [4.69, 9.17) is 4.74 Å². The molecule has 1 N–H and O–H groups in total. The number of aryl methyl sites for hydroxylation is 1. The van der Waals surface area contributed by atoms with Gasteiger partial charge in [-0.05, 0) is 48.9 Å². The van der Waals surface area contributed by atoms with Crippen LogP contribution in [-0.2, 0) is 6.54 Å². The maximum atomic E-state index is 12.9. The van der Waals surface area contributed by atoms with Gasteiger partial charge < -0.3 is 10.1 Å². The van der Waals surface area contributed by atoms with Crippen molar-refractivity contribution >= 4 is 16.7 Å². The number of rotatable bonds is 5. The van der Waals surface area contributed by atoms with Gasteiger partial charge in [0.15, 0.2) is 0 Å². The third-order valence-electron chi connectivity index (χ3n) is 4.08. The van der Waals surface area contributed by atoms with Crippen LogP contribution in [0.15, 0.2) is 67.1 Å². The van der Waals surface area contributed by atoms with Crippen molar-refractivity contribution in [1.82, 2.24) is 15.0 Å². The predicted molar refractivity (Wildman–Crippen MR) is 102 cm³/mol. The molecule has 0 aliphatic heterocycles. The first-order chi connectivity index (χ1) is 13.2. The largest absolute Gasteiger partial charge is 0.439 e. The van der Waals surface area contributed by atoms with Gasteiger partial charge in [0.2, 0.25) is 5.88 Å². The summed E-state index contributed by atoms with van der Waals surface area (Å²) in [5.41, 5.74) is 3.05. The summed E-state index contributed by atoms with van der Waals surface area (Å²) in [6.45, 7) is 2.61. The number of fused-ring (bicyclic) bond motifs is 1. The second kappa shape index (κ2) is 7.37. The summed E-state index contributed by atoms with van der Waals surface area (Å²) >= 11 is 0. The fraction of sp³-hybridized carbons (Fsp3) is 0.0952. The molecule has 0 saturated carbocycles. The standard InChI is InChI=1S/C21H17FN4O/c1-14-2-8-19-18(10-14)21(26-13-25-19)24-12-15-3-9-20(23-11-15)27-17-6-4-16(22)5-7-17/h2-11,13H,12H2,1H3,(H,24,25,26). The van der Waals surface area contributed by atoms with Crippen molar-refractivity contribution in [1.29, 1.82) is 0 Å². The lowest BCUT2D eigenvalue weighted by Crippen LogP contribution is -2.03.